The maximum atomic E-state index is 12.4. The van der Waals surface area contributed by atoms with Gasteiger partial charge in [-0.2, -0.15) is 0 Å². The van der Waals surface area contributed by atoms with Crippen LogP contribution in [-0.4, -0.2) is 32.3 Å². The zero-order chi connectivity index (χ0) is 20.7. The summed E-state index contributed by atoms with van der Waals surface area (Å²) < 4.78 is 21.4. The van der Waals surface area contributed by atoms with Crippen molar-refractivity contribution in [3.63, 3.8) is 0 Å². The van der Waals surface area contributed by atoms with Crippen molar-refractivity contribution < 1.29 is 28.5 Å². The fourth-order valence-corrected chi connectivity index (χ4v) is 2.88. The normalized spacial score (nSPS) is 11.8. The summed E-state index contributed by atoms with van der Waals surface area (Å²) in [6.45, 7) is 1.57. The molecule has 0 aliphatic carbocycles. The van der Waals surface area contributed by atoms with E-state index in [0.29, 0.717) is 26.6 Å². The summed E-state index contributed by atoms with van der Waals surface area (Å²) >= 11 is 9.23. The largest absolute Gasteiger partial charge is 0.493 e. The van der Waals surface area contributed by atoms with Crippen LogP contribution in [0.2, 0.25) is 5.02 Å². The molecule has 0 spiro atoms. The quantitative estimate of drug-likeness (QED) is 0.333. The van der Waals surface area contributed by atoms with Gasteiger partial charge in [-0.1, -0.05) is 17.7 Å². The van der Waals surface area contributed by atoms with E-state index in [1.165, 1.54) is 20.3 Å². The van der Waals surface area contributed by atoms with Crippen molar-refractivity contribution in [1.82, 2.24) is 0 Å². The van der Waals surface area contributed by atoms with Crippen molar-refractivity contribution in [2.24, 2.45) is 0 Å². The molecule has 0 saturated carbocycles. The number of carbonyl (C=O) groups is 2. The summed E-state index contributed by atoms with van der Waals surface area (Å²) in [6, 6.07) is 9.84. The van der Waals surface area contributed by atoms with E-state index in [0.717, 1.165) is 0 Å². The second kappa shape index (κ2) is 10.1. The zero-order valence-corrected chi connectivity index (χ0v) is 17.7. The Morgan fingerprint density at radius 2 is 1.79 bits per heavy atom. The van der Waals surface area contributed by atoms with Gasteiger partial charge < -0.3 is 18.9 Å². The van der Waals surface area contributed by atoms with E-state index in [1.54, 1.807) is 49.4 Å². The molecule has 0 aliphatic rings. The maximum Gasteiger partial charge on any atom is 0.352 e. The molecule has 148 valence electrons. The third-order valence-corrected chi connectivity index (χ3v) is 4.40. The van der Waals surface area contributed by atoms with Crippen LogP contribution in [0.4, 0.5) is 0 Å². The van der Waals surface area contributed by atoms with Crippen molar-refractivity contribution in [3.8, 4) is 17.2 Å². The van der Waals surface area contributed by atoms with Crippen molar-refractivity contribution in [3.05, 3.63) is 57.5 Å². The van der Waals surface area contributed by atoms with Gasteiger partial charge in [-0.05, 0) is 64.8 Å². The number of esters is 2. The first kappa shape index (κ1) is 21.8. The Balaban J connectivity index is 2.09. The molecule has 0 bridgehead atoms. The number of hydrogen-bond donors (Lipinski definition) is 0. The highest BCUT2D eigenvalue weighted by molar-refractivity contribution is 9.10. The van der Waals surface area contributed by atoms with Crippen molar-refractivity contribution in [2.45, 2.75) is 13.0 Å². The Morgan fingerprint density at radius 3 is 2.43 bits per heavy atom. The third kappa shape index (κ3) is 6.00. The minimum absolute atomic E-state index is 0.230. The molecule has 1 atom stereocenters. The molecule has 6 nitrogen and oxygen atoms in total. The van der Waals surface area contributed by atoms with Crippen LogP contribution in [0.25, 0.3) is 6.08 Å². The molecule has 0 aliphatic heterocycles. The summed E-state index contributed by atoms with van der Waals surface area (Å²) in [7, 11) is 2.74. The van der Waals surface area contributed by atoms with Gasteiger partial charge in [-0.15, -0.1) is 0 Å². The lowest BCUT2D eigenvalue weighted by atomic mass is 10.2. The molecule has 0 amide bonds. The van der Waals surface area contributed by atoms with Crippen LogP contribution in [0.5, 0.6) is 17.2 Å². The fourth-order valence-electron chi connectivity index (χ4n) is 2.11. The molecule has 0 aromatic heterocycles. The van der Waals surface area contributed by atoms with Gasteiger partial charge in [0.15, 0.2) is 17.6 Å². The number of benzene rings is 2. The van der Waals surface area contributed by atoms with Gasteiger partial charge in [0.2, 0.25) is 0 Å². The monoisotopic (exact) mass is 468 g/mol. The molecule has 0 heterocycles. The smallest absolute Gasteiger partial charge is 0.352 e. The van der Waals surface area contributed by atoms with Crippen LogP contribution < -0.4 is 14.2 Å². The number of halogens is 2. The highest BCUT2D eigenvalue weighted by atomic mass is 79.9. The number of ether oxygens (including phenoxy) is 4. The summed E-state index contributed by atoms with van der Waals surface area (Å²) in [6.07, 6.45) is 1.96. The Hall–Kier alpha value is -2.51. The van der Waals surface area contributed by atoms with Crippen LogP contribution in [0, 0.1) is 0 Å². The van der Waals surface area contributed by atoms with Crippen LogP contribution in [-0.2, 0) is 14.3 Å². The molecule has 28 heavy (non-hydrogen) atoms. The molecule has 2 aromatic rings. The van der Waals surface area contributed by atoms with Crippen molar-refractivity contribution in [1.29, 1.82) is 0 Å². The molecule has 2 rings (SSSR count). The Kier molecular flexibility index (Phi) is 7.90. The lowest BCUT2D eigenvalue weighted by Gasteiger charge is -2.16. The van der Waals surface area contributed by atoms with Gasteiger partial charge in [-0.3, -0.25) is 0 Å². The molecular formula is C20H18BrClO6. The molecule has 8 heteroatoms. The average molecular weight is 470 g/mol. The zero-order valence-electron chi connectivity index (χ0n) is 15.4. The molecule has 2 aromatic carbocycles. The molecule has 0 N–H and O–H groups in total. The second-order valence-electron chi connectivity index (χ2n) is 5.52. The van der Waals surface area contributed by atoms with Crippen LogP contribution in [0.15, 0.2) is 46.9 Å². The summed E-state index contributed by atoms with van der Waals surface area (Å²) in [4.78, 5) is 23.6. The van der Waals surface area contributed by atoms with Gasteiger partial charge >= 0.3 is 11.9 Å². The Morgan fingerprint density at radius 1 is 1.07 bits per heavy atom. The van der Waals surface area contributed by atoms with E-state index < -0.39 is 18.0 Å². The third-order valence-electron chi connectivity index (χ3n) is 3.54. The molecule has 0 saturated heterocycles. The first-order chi connectivity index (χ1) is 13.3. The van der Waals surface area contributed by atoms with Gasteiger partial charge in [0, 0.05) is 11.1 Å². The predicted molar refractivity (Wildman–Crippen MR) is 109 cm³/mol. The Labute approximate surface area is 176 Å². The van der Waals surface area contributed by atoms with E-state index in [-0.39, 0.29) is 5.75 Å². The molecule has 1 unspecified atom stereocenters. The molecule has 0 fully saturated rings. The second-order valence-corrected chi connectivity index (χ2v) is 6.81. The van der Waals surface area contributed by atoms with Crippen LogP contribution in [0.1, 0.15) is 12.5 Å². The van der Waals surface area contributed by atoms with E-state index >= 15 is 0 Å². The summed E-state index contributed by atoms with van der Waals surface area (Å²) in [5.74, 6) is -0.0514. The summed E-state index contributed by atoms with van der Waals surface area (Å²) in [5, 5.41) is 0.542. The number of hydrogen-bond acceptors (Lipinski definition) is 6. The Bertz CT molecular complexity index is 896. The maximum absolute atomic E-state index is 12.4. The molecular weight excluding hydrogens is 452 g/mol. The van der Waals surface area contributed by atoms with Crippen LogP contribution in [0.3, 0.4) is 0 Å². The first-order valence-corrected chi connectivity index (χ1v) is 9.28. The van der Waals surface area contributed by atoms with Crippen molar-refractivity contribution >= 4 is 45.5 Å². The molecule has 0 radical (unpaired) electrons. The lowest BCUT2D eigenvalue weighted by molar-refractivity contribution is -0.141. The summed E-state index contributed by atoms with van der Waals surface area (Å²) in [5.41, 5.74) is 0.677. The fraction of sp³-hybridized carbons (Fsp3) is 0.200. The highest BCUT2D eigenvalue weighted by Crippen LogP contribution is 2.31. The van der Waals surface area contributed by atoms with E-state index in [9.17, 15) is 9.59 Å². The van der Waals surface area contributed by atoms with Gasteiger partial charge in [0.1, 0.15) is 5.75 Å². The minimum atomic E-state index is -0.874. The number of carbonyl (C=O) groups excluding carboxylic acids is 2. The lowest BCUT2D eigenvalue weighted by Crippen LogP contribution is -2.28. The standard InChI is InChI=1S/C20H18BrClO6/c1-12(27-16-8-6-14(22)11-15(16)21)20(24)28-17-7-4-13(10-18(17)25-2)5-9-19(23)26-3/h4-12H,1-3H3/b9-5+. The van der Waals surface area contributed by atoms with E-state index in [2.05, 4.69) is 20.7 Å². The van der Waals surface area contributed by atoms with Gasteiger partial charge in [0.05, 0.1) is 18.7 Å². The predicted octanol–water partition coefficient (Wildman–Crippen LogP) is 4.67. The van der Waals surface area contributed by atoms with Gasteiger partial charge in [0.25, 0.3) is 0 Å². The van der Waals surface area contributed by atoms with E-state index in [1.807, 2.05) is 0 Å². The topological polar surface area (TPSA) is 71.1 Å². The van der Waals surface area contributed by atoms with Crippen molar-refractivity contribution in [2.75, 3.05) is 14.2 Å². The first-order valence-electron chi connectivity index (χ1n) is 8.11. The minimum Gasteiger partial charge on any atom is -0.493 e. The van der Waals surface area contributed by atoms with Crippen LogP contribution >= 0.6 is 27.5 Å². The number of rotatable bonds is 7. The number of methoxy groups -OCH3 is 2. The average Bonchev–Trinajstić information content (AvgIpc) is 2.68. The van der Waals surface area contributed by atoms with Gasteiger partial charge in [-0.25, -0.2) is 9.59 Å². The SMILES string of the molecule is COC(=O)/C=C/c1ccc(OC(=O)C(C)Oc2ccc(Cl)cc2Br)c(OC)c1. The highest BCUT2D eigenvalue weighted by Gasteiger charge is 2.20. The van der Waals surface area contributed by atoms with E-state index in [4.69, 9.17) is 25.8 Å².